The van der Waals surface area contributed by atoms with Crippen LogP contribution in [0.15, 0.2) is 24.4 Å². The summed E-state index contributed by atoms with van der Waals surface area (Å²) in [7, 11) is 0. The van der Waals surface area contributed by atoms with Crippen molar-refractivity contribution in [2.45, 2.75) is 58.2 Å². The number of hydrogen-bond donors (Lipinski definition) is 3. The molecular weight excluding hydrogens is 438 g/mol. The zero-order valence-corrected chi connectivity index (χ0v) is 19.8. The normalized spacial score (nSPS) is 26.1. The average molecular weight is 470 g/mol. The lowest BCUT2D eigenvalue weighted by molar-refractivity contribution is 0.0923. The van der Waals surface area contributed by atoms with Crippen molar-refractivity contribution in [2.75, 3.05) is 23.3 Å². The Hall–Kier alpha value is -2.38. The second kappa shape index (κ2) is 9.47. The molecule has 1 amide bonds. The van der Waals surface area contributed by atoms with Crippen molar-refractivity contribution in [3.05, 3.63) is 46.1 Å². The molecule has 0 radical (unpaired) electrons. The van der Waals surface area contributed by atoms with Crippen LogP contribution in [0.3, 0.4) is 0 Å². The van der Waals surface area contributed by atoms with Gasteiger partial charge in [-0.15, -0.1) is 0 Å². The largest absolute Gasteiger partial charge is 0.392 e. The quantitative estimate of drug-likeness (QED) is 0.567. The molecule has 2 atom stereocenters. The van der Waals surface area contributed by atoms with E-state index < -0.39 is 0 Å². The number of anilines is 2. The van der Waals surface area contributed by atoms with Crippen molar-refractivity contribution >= 4 is 29.3 Å². The van der Waals surface area contributed by atoms with Crippen molar-refractivity contribution in [1.29, 1.82) is 0 Å². The molecule has 33 heavy (non-hydrogen) atoms. The van der Waals surface area contributed by atoms with Gasteiger partial charge in [-0.1, -0.05) is 30.7 Å². The smallest absolute Gasteiger partial charge is 0.256 e. The Morgan fingerprint density at radius 2 is 1.97 bits per heavy atom. The number of aliphatic hydroxyl groups excluding tert-OH is 1. The Morgan fingerprint density at radius 1 is 1.21 bits per heavy atom. The summed E-state index contributed by atoms with van der Waals surface area (Å²) in [4.78, 5) is 24.7. The monoisotopic (exact) mass is 469 g/mol. The number of nitrogens with zero attached hydrogens (tertiary/aromatic N) is 3. The minimum atomic E-state index is -0.124. The summed E-state index contributed by atoms with van der Waals surface area (Å²) in [5.41, 5.74) is 2.12. The predicted molar refractivity (Wildman–Crippen MR) is 129 cm³/mol. The molecular formula is C25H32ClN5O2. The van der Waals surface area contributed by atoms with Gasteiger partial charge in [0.15, 0.2) is 0 Å². The second-order valence-corrected chi connectivity index (χ2v) is 10.4. The van der Waals surface area contributed by atoms with Crippen molar-refractivity contribution in [1.82, 2.24) is 15.3 Å². The standard InChI is InChI=1S/C25H32ClN5O2/c1-15-2-6-20(7-3-15)29-24(33)21-11-28-25(31-12-18-9-19(18)13-31)30-23(21)27-10-16-4-5-17(14-32)22(26)8-16/h4-5,8,11,15,18-20,32H,2-3,6-7,9-10,12-14H2,1H3,(H,29,33)(H,27,28,30). The zero-order chi connectivity index (χ0) is 22.9. The van der Waals surface area contributed by atoms with Crippen molar-refractivity contribution in [3.8, 4) is 0 Å². The minimum absolute atomic E-state index is 0.0934. The van der Waals surface area contributed by atoms with Crippen LogP contribution >= 0.6 is 11.6 Å². The summed E-state index contributed by atoms with van der Waals surface area (Å²) in [6.07, 6.45) is 7.30. The fraction of sp³-hybridized carbons (Fsp3) is 0.560. The zero-order valence-electron chi connectivity index (χ0n) is 19.1. The van der Waals surface area contributed by atoms with E-state index in [4.69, 9.17) is 16.6 Å². The molecule has 0 spiro atoms. The van der Waals surface area contributed by atoms with Gasteiger partial charge < -0.3 is 20.6 Å². The van der Waals surface area contributed by atoms with Crippen LogP contribution in [0.4, 0.5) is 11.8 Å². The lowest BCUT2D eigenvalue weighted by Gasteiger charge is -2.27. The van der Waals surface area contributed by atoms with E-state index in [-0.39, 0.29) is 18.6 Å². The van der Waals surface area contributed by atoms with Crippen LogP contribution in [0.2, 0.25) is 5.02 Å². The van der Waals surface area contributed by atoms with E-state index in [1.165, 1.54) is 6.42 Å². The maximum atomic E-state index is 13.2. The minimum Gasteiger partial charge on any atom is -0.392 e. The van der Waals surface area contributed by atoms with Gasteiger partial charge in [0.25, 0.3) is 5.91 Å². The van der Waals surface area contributed by atoms with E-state index in [9.17, 15) is 9.90 Å². The average Bonchev–Trinajstić information content (AvgIpc) is 3.43. The molecule has 1 aromatic carbocycles. The Morgan fingerprint density at radius 3 is 2.67 bits per heavy atom. The Kier molecular flexibility index (Phi) is 6.43. The van der Waals surface area contributed by atoms with Crippen LogP contribution in [0, 0.1) is 17.8 Å². The molecule has 8 heteroatoms. The number of halogens is 1. The third kappa shape index (κ3) is 5.09. The van der Waals surface area contributed by atoms with Crippen LogP contribution in [-0.4, -0.2) is 40.1 Å². The molecule has 2 saturated carbocycles. The van der Waals surface area contributed by atoms with Crippen LogP contribution < -0.4 is 15.5 Å². The number of hydrogen-bond acceptors (Lipinski definition) is 6. The summed E-state index contributed by atoms with van der Waals surface area (Å²) in [6, 6.07) is 5.78. The highest BCUT2D eigenvalue weighted by Gasteiger charge is 2.46. The Labute approximate surface area is 200 Å². The number of aliphatic hydroxyl groups is 1. The second-order valence-electron chi connectivity index (χ2n) is 9.96. The fourth-order valence-corrected chi connectivity index (χ4v) is 5.33. The van der Waals surface area contributed by atoms with E-state index >= 15 is 0 Å². The van der Waals surface area contributed by atoms with Gasteiger partial charge in [0.05, 0.1) is 6.61 Å². The number of carbonyl (C=O) groups is 1. The van der Waals surface area contributed by atoms with Gasteiger partial charge >= 0.3 is 0 Å². The van der Waals surface area contributed by atoms with Gasteiger partial charge in [0.2, 0.25) is 5.95 Å². The first-order valence-electron chi connectivity index (χ1n) is 12.0. The fourth-order valence-electron chi connectivity index (χ4n) is 5.07. The Bertz CT molecular complexity index is 1010. The molecule has 3 N–H and O–H groups in total. The number of fused-ring (bicyclic) bond motifs is 1. The van der Waals surface area contributed by atoms with Crippen molar-refractivity contribution < 1.29 is 9.90 Å². The van der Waals surface area contributed by atoms with Gasteiger partial charge in [0.1, 0.15) is 11.4 Å². The number of rotatable bonds is 7. The number of benzene rings is 1. The van der Waals surface area contributed by atoms with Crippen LogP contribution in [-0.2, 0) is 13.2 Å². The molecule has 176 valence electrons. The first-order chi connectivity index (χ1) is 16.0. The van der Waals surface area contributed by atoms with E-state index in [1.54, 1.807) is 6.20 Å². The van der Waals surface area contributed by atoms with E-state index in [0.717, 1.165) is 62.1 Å². The third-order valence-electron chi connectivity index (χ3n) is 7.38. The lowest BCUT2D eigenvalue weighted by atomic mass is 9.87. The number of aromatic nitrogens is 2. The SMILES string of the molecule is CC1CCC(NC(=O)c2cnc(N3CC4CC4C3)nc2NCc2ccc(CO)c(Cl)c2)CC1. The number of carbonyl (C=O) groups excluding carboxylic acids is 1. The summed E-state index contributed by atoms with van der Waals surface area (Å²) in [5.74, 6) is 3.38. The van der Waals surface area contributed by atoms with Crippen LogP contribution in [0.1, 0.15) is 60.5 Å². The van der Waals surface area contributed by atoms with Crippen LogP contribution in [0.25, 0.3) is 0 Å². The lowest BCUT2D eigenvalue weighted by Crippen LogP contribution is -2.38. The Balaban J connectivity index is 1.34. The maximum Gasteiger partial charge on any atom is 0.256 e. The first kappa shape index (κ1) is 22.4. The molecule has 3 aliphatic rings. The number of piperidine rings is 1. The molecule has 7 nitrogen and oxygen atoms in total. The van der Waals surface area contributed by atoms with Crippen molar-refractivity contribution in [2.24, 2.45) is 17.8 Å². The topological polar surface area (TPSA) is 90.4 Å². The first-order valence-corrected chi connectivity index (χ1v) is 12.4. The summed E-state index contributed by atoms with van der Waals surface area (Å²) < 4.78 is 0. The molecule has 2 unspecified atom stereocenters. The molecule has 3 fully saturated rings. The van der Waals surface area contributed by atoms with E-state index in [1.807, 2.05) is 18.2 Å². The number of amides is 1. The molecule has 2 heterocycles. The van der Waals surface area contributed by atoms with E-state index in [0.29, 0.717) is 34.5 Å². The van der Waals surface area contributed by atoms with Gasteiger partial charge in [-0.2, -0.15) is 4.98 Å². The van der Waals surface area contributed by atoms with Gasteiger partial charge in [-0.25, -0.2) is 4.98 Å². The summed E-state index contributed by atoms with van der Waals surface area (Å²) >= 11 is 6.26. The maximum absolute atomic E-state index is 13.2. The molecule has 5 rings (SSSR count). The van der Waals surface area contributed by atoms with Gasteiger partial charge in [-0.3, -0.25) is 4.79 Å². The predicted octanol–water partition coefficient (Wildman–Crippen LogP) is 4.00. The van der Waals surface area contributed by atoms with Crippen LogP contribution in [0.5, 0.6) is 0 Å². The highest BCUT2D eigenvalue weighted by Crippen LogP contribution is 2.45. The third-order valence-corrected chi connectivity index (χ3v) is 7.73. The molecule has 1 aliphatic heterocycles. The summed E-state index contributed by atoms with van der Waals surface area (Å²) in [6.45, 7) is 4.63. The van der Waals surface area contributed by atoms with E-state index in [2.05, 4.69) is 27.4 Å². The van der Waals surface area contributed by atoms with Crippen molar-refractivity contribution in [3.63, 3.8) is 0 Å². The summed E-state index contributed by atoms with van der Waals surface area (Å²) in [5, 5.41) is 16.4. The van der Waals surface area contributed by atoms with Gasteiger partial charge in [0, 0.05) is 36.9 Å². The molecule has 0 bridgehead atoms. The number of nitrogens with one attached hydrogen (secondary N) is 2. The highest BCUT2D eigenvalue weighted by molar-refractivity contribution is 6.31. The molecule has 2 aliphatic carbocycles. The highest BCUT2D eigenvalue weighted by atomic mass is 35.5. The molecule has 1 saturated heterocycles. The molecule has 2 aromatic rings. The molecule has 1 aromatic heterocycles. The van der Waals surface area contributed by atoms with Gasteiger partial charge in [-0.05, 0) is 67.1 Å².